The minimum atomic E-state index is 0.993. The van der Waals surface area contributed by atoms with Gasteiger partial charge in [0.05, 0.1) is 0 Å². The van der Waals surface area contributed by atoms with Gasteiger partial charge in [-0.1, -0.05) is 24.6 Å². The highest BCUT2D eigenvalue weighted by atomic mass is 15.5. The van der Waals surface area contributed by atoms with Crippen molar-refractivity contribution in [2.75, 3.05) is 13.1 Å². The van der Waals surface area contributed by atoms with E-state index in [-0.39, 0.29) is 0 Å². The number of hydrazine groups is 1. The Labute approximate surface area is 104 Å². The standard InChI is InChI=1S/C15H22N2/c1-2-9-17(10-3-1)16-12-13-7-8-14-5-4-6-15(14)11-13/h7-8,11,16H,1-6,9-10,12H2. The number of nitrogens with one attached hydrogen (secondary N) is 1. The summed E-state index contributed by atoms with van der Waals surface area (Å²) < 4.78 is 0. The van der Waals surface area contributed by atoms with E-state index in [4.69, 9.17) is 0 Å². The Morgan fingerprint density at radius 1 is 0.941 bits per heavy atom. The van der Waals surface area contributed by atoms with E-state index in [2.05, 4.69) is 28.6 Å². The van der Waals surface area contributed by atoms with Gasteiger partial charge in [0, 0.05) is 19.6 Å². The zero-order valence-electron chi connectivity index (χ0n) is 10.5. The first-order valence-electron chi connectivity index (χ1n) is 7.01. The Balaban J connectivity index is 1.57. The summed E-state index contributed by atoms with van der Waals surface area (Å²) in [7, 11) is 0. The molecule has 1 saturated heterocycles. The maximum atomic E-state index is 3.56. The zero-order chi connectivity index (χ0) is 11.5. The van der Waals surface area contributed by atoms with Crippen molar-refractivity contribution in [3.63, 3.8) is 0 Å². The molecule has 3 rings (SSSR count). The fourth-order valence-corrected chi connectivity index (χ4v) is 2.99. The fourth-order valence-electron chi connectivity index (χ4n) is 2.99. The van der Waals surface area contributed by atoms with E-state index in [1.165, 1.54) is 57.2 Å². The second-order valence-electron chi connectivity index (χ2n) is 5.34. The number of hydrogen-bond acceptors (Lipinski definition) is 2. The summed E-state index contributed by atoms with van der Waals surface area (Å²) in [6.07, 6.45) is 8.01. The molecule has 0 radical (unpaired) electrons. The van der Waals surface area contributed by atoms with Crippen LogP contribution in [0.2, 0.25) is 0 Å². The second kappa shape index (κ2) is 5.19. The number of aryl methyl sites for hydroxylation is 2. The summed E-state index contributed by atoms with van der Waals surface area (Å²) in [5, 5.41) is 2.39. The van der Waals surface area contributed by atoms with Crippen LogP contribution in [0.15, 0.2) is 18.2 Å². The quantitative estimate of drug-likeness (QED) is 0.859. The molecule has 0 spiro atoms. The van der Waals surface area contributed by atoms with Gasteiger partial charge in [-0.25, -0.2) is 5.01 Å². The molecule has 1 N–H and O–H groups in total. The molecule has 1 heterocycles. The summed E-state index contributed by atoms with van der Waals surface area (Å²) in [6.45, 7) is 3.42. The first-order chi connectivity index (χ1) is 8.42. The number of hydrogen-bond donors (Lipinski definition) is 1. The number of rotatable bonds is 3. The molecule has 1 aromatic carbocycles. The van der Waals surface area contributed by atoms with Crippen LogP contribution < -0.4 is 5.43 Å². The van der Waals surface area contributed by atoms with Crippen LogP contribution in [-0.4, -0.2) is 18.1 Å². The first-order valence-corrected chi connectivity index (χ1v) is 7.01. The van der Waals surface area contributed by atoms with Crippen molar-refractivity contribution in [2.24, 2.45) is 0 Å². The first kappa shape index (κ1) is 11.2. The topological polar surface area (TPSA) is 15.3 Å². The predicted molar refractivity (Wildman–Crippen MR) is 70.7 cm³/mol. The Morgan fingerprint density at radius 3 is 2.65 bits per heavy atom. The Kier molecular flexibility index (Phi) is 3.44. The molecule has 2 aliphatic rings. The van der Waals surface area contributed by atoms with Crippen molar-refractivity contribution in [3.05, 3.63) is 34.9 Å². The summed E-state index contributed by atoms with van der Waals surface area (Å²) in [5.41, 5.74) is 8.17. The van der Waals surface area contributed by atoms with Crippen molar-refractivity contribution >= 4 is 0 Å². The lowest BCUT2D eigenvalue weighted by Crippen LogP contribution is -2.41. The maximum absolute atomic E-state index is 3.56. The van der Waals surface area contributed by atoms with Gasteiger partial charge in [-0.05, 0) is 48.8 Å². The van der Waals surface area contributed by atoms with Gasteiger partial charge in [0.15, 0.2) is 0 Å². The fraction of sp³-hybridized carbons (Fsp3) is 0.600. The normalized spacial score (nSPS) is 20.5. The molecular formula is C15H22N2. The second-order valence-corrected chi connectivity index (χ2v) is 5.34. The van der Waals surface area contributed by atoms with E-state index in [1.807, 2.05) is 0 Å². The number of fused-ring (bicyclic) bond motifs is 1. The highest BCUT2D eigenvalue weighted by Gasteiger charge is 2.12. The van der Waals surface area contributed by atoms with Crippen molar-refractivity contribution in [1.29, 1.82) is 0 Å². The highest BCUT2D eigenvalue weighted by Crippen LogP contribution is 2.22. The molecule has 0 aromatic heterocycles. The lowest BCUT2D eigenvalue weighted by atomic mass is 10.1. The molecule has 0 unspecified atom stereocenters. The molecule has 0 atom stereocenters. The van der Waals surface area contributed by atoms with Crippen LogP contribution in [-0.2, 0) is 19.4 Å². The summed E-state index contributed by atoms with van der Waals surface area (Å²) in [4.78, 5) is 0. The smallest absolute Gasteiger partial charge is 0.0353 e. The van der Waals surface area contributed by atoms with Crippen LogP contribution in [0.1, 0.15) is 42.4 Å². The van der Waals surface area contributed by atoms with Crippen molar-refractivity contribution in [2.45, 2.75) is 45.1 Å². The van der Waals surface area contributed by atoms with Crippen molar-refractivity contribution in [1.82, 2.24) is 10.4 Å². The molecule has 1 aliphatic heterocycles. The van der Waals surface area contributed by atoms with E-state index < -0.39 is 0 Å². The van der Waals surface area contributed by atoms with Crippen LogP contribution in [0.3, 0.4) is 0 Å². The van der Waals surface area contributed by atoms with Gasteiger partial charge in [0.25, 0.3) is 0 Å². The van der Waals surface area contributed by atoms with Crippen LogP contribution in [0.5, 0.6) is 0 Å². The van der Waals surface area contributed by atoms with Crippen LogP contribution in [0.25, 0.3) is 0 Å². The third-order valence-electron chi connectivity index (χ3n) is 4.03. The summed E-state index contributed by atoms with van der Waals surface area (Å²) in [6, 6.07) is 7.02. The summed E-state index contributed by atoms with van der Waals surface area (Å²) >= 11 is 0. The monoisotopic (exact) mass is 230 g/mol. The Hall–Kier alpha value is -0.860. The molecule has 17 heavy (non-hydrogen) atoms. The number of benzene rings is 1. The minimum absolute atomic E-state index is 0.993. The van der Waals surface area contributed by atoms with Gasteiger partial charge in [0.1, 0.15) is 0 Å². The molecule has 0 bridgehead atoms. The number of piperidine rings is 1. The number of nitrogens with zero attached hydrogens (tertiary/aromatic N) is 1. The third-order valence-corrected chi connectivity index (χ3v) is 4.03. The average molecular weight is 230 g/mol. The Bertz CT molecular complexity index is 381. The average Bonchev–Trinajstić information content (AvgIpc) is 2.85. The van der Waals surface area contributed by atoms with E-state index >= 15 is 0 Å². The minimum Gasteiger partial charge on any atom is -0.251 e. The molecule has 2 nitrogen and oxygen atoms in total. The molecule has 2 heteroatoms. The van der Waals surface area contributed by atoms with Gasteiger partial charge in [-0.2, -0.15) is 0 Å². The SMILES string of the molecule is c1cc2c(cc1CNN1CCCCC1)CCC2. The van der Waals surface area contributed by atoms with E-state index in [0.717, 1.165) is 6.54 Å². The van der Waals surface area contributed by atoms with E-state index in [0.29, 0.717) is 0 Å². The molecule has 1 aliphatic carbocycles. The molecule has 1 aromatic rings. The van der Waals surface area contributed by atoms with E-state index in [1.54, 1.807) is 11.1 Å². The molecule has 1 fully saturated rings. The van der Waals surface area contributed by atoms with Crippen molar-refractivity contribution in [3.8, 4) is 0 Å². The van der Waals surface area contributed by atoms with Crippen LogP contribution in [0.4, 0.5) is 0 Å². The van der Waals surface area contributed by atoms with Gasteiger partial charge in [-0.15, -0.1) is 0 Å². The molecule has 0 amide bonds. The van der Waals surface area contributed by atoms with Gasteiger partial charge in [0.2, 0.25) is 0 Å². The third kappa shape index (κ3) is 2.70. The largest absolute Gasteiger partial charge is 0.251 e. The van der Waals surface area contributed by atoms with Crippen LogP contribution >= 0.6 is 0 Å². The molecule has 92 valence electrons. The Morgan fingerprint density at radius 2 is 1.76 bits per heavy atom. The van der Waals surface area contributed by atoms with Crippen molar-refractivity contribution < 1.29 is 0 Å². The molecular weight excluding hydrogens is 208 g/mol. The zero-order valence-corrected chi connectivity index (χ0v) is 10.5. The lowest BCUT2D eigenvalue weighted by molar-refractivity contribution is 0.151. The highest BCUT2D eigenvalue weighted by molar-refractivity contribution is 5.35. The van der Waals surface area contributed by atoms with Gasteiger partial charge in [-0.3, -0.25) is 5.43 Å². The lowest BCUT2D eigenvalue weighted by Gasteiger charge is -2.27. The maximum Gasteiger partial charge on any atom is 0.0353 e. The van der Waals surface area contributed by atoms with E-state index in [9.17, 15) is 0 Å². The van der Waals surface area contributed by atoms with Gasteiger partial charge < -0.3 is 0 Å². The molecule has 0 saturated carbocycles. The van der Waals surface area contributed by atoms with Crippen LogP contribution in [0, 0.1) is 0 Å². The van der Waals surface area contributed by atoms with Gasteiger partial charge >= 0.3 is 0 Å². The predicted octanol–water partition coefficient (Wildman–Crippen LogP) is 2.67. The summed E-state index contributed by atoms with van der Waals surface area (Å²) in [5.74, 6) is 0.